The minimum Gasteiger partial charge on any atom is -0.497 e. The van der Waals surface area contributed by atoms with Crippen LogP contribution >= 0.6 is 11.6 Å². The van der Waals surface area contributed by atoms with Crippen LogP contribution < -0.4 is 14.8 Å². The third-order valence-electron chi connectivity index (χ3n) is 3.00. The van der Waals surface area contributed by atoms with Crippen LogP contribution in [-0.2, 0) is 6.54 Å². The normalized spacial score (nSPS) is 10.7. The van der Waals surface area contributed by atoms with Gasteiger partial charge in [0.05, 0.1) is 12.1 Å². The Hall–Kier alpha value is -1.71. The molecule has 0 aliphatic rings. The minimum atomic E-state index is 0.444. The van der Waals surface area contributed by atoms with E-state index in [1.807, 2.05) is 42.5 Å². The average molecular weight is 306 g/mol. The standard InChI is InChI=1S/C17H20ClNO2/c1-12(2)19-11-13-4-9-17(16(18)10-13)21-15-7-5-14(20-3)6-8-15/h4-10,12,19H,11H2,1-3H3. The van der Waals surface area contributed by atoms with Crippen molar-refractivity contribution in [1.82, 2.24) is 5.32 Å². The maximum atomic E-state index is 6.28. The molecule has 0 amide bonds. The van der Waals surface area contributed by atoms with Gasteiger partial charge in [-0.2, -0.15) is 0 Å². The highest BCUT2D eigenvalue weighted by Gasteiger charge is 2.05. The molecule has 0 atom stereocenters. The van der Waals surface area contributed by atoms with E-state index in [1.165, 1.54) is 0 Å². The molecule has 0 bridgehead atoms. The molecule has 0 saturated carbocycles. The molecule has 112 valence electrons. The van der Waals surface area contributed by atoms with Crippen molar-refractivity contribution in [3.8, 4) is 17.2 Å². The van der Waals surface area contributed by atoms with Crippen molar-refractivity contribution in [3.05, 3.63) is 53.1 Å². The van der Waals surface area contributed by atoms with Crippen molar-refractivity contribution in [3.63, 3.8) is 0 Å². The van der Waals surface area contributed by atoms with E-state index < -0.39 is 0 Å². The molecule has 2 rings (SSSR count). The van der Waals surface area contributed by atoms with Gasteiger partial charge in [0.1, 0.15) is 17.2 Å². The molecule has 0 spiro atoms. The second kappa shape index (κ2) is 7.34. The number of halogens is 1. The number of hydrogen-bond acceptors (Lipinski definition) is 3. The molecule has 3 nitrogen and oxygen atoms in total. The van der Waals surface area contributed by atoms with Crippen molar-refractivity contribution in [2.24, 2.45) is 0 Å². The first-order valence-corrected chi connectivity index (χ1v) is 7.30. The number of ether oxygens (including phenoxy) is 2. The first kappa shape index (κ1) is 15.7. The van der Waals surface area contributed by atoms with Gasteiger partial charge in [-0.15, -0.1) is 0 Å². The smallest absolute Gasteiger partial charge is 0.146 e. The summed E-state index contributed by atoms with van der Waals surface area (Å²) >= 11 is 6.28. The Morgan fingerprint density at radius 2 is 1.71 bits per heavy atom. The van der Waals surface area contributed by atoms with Gasteiger partial charge < -0.3 is 14.8 Å². The van der Waals surface area contributed by atoms with Gasteiger partial charge in [0.25, 0.3) is 0 Å². The van der Waals surface area contributed by atoms with Crippen molar-refractivity contribution < 1.29 is 9.47 Å². The summed E-state index contributed by atoms with van der Waals surface area (Å²) in [6.07, 6.45) is 0. The van der Waals surface area contributed by atoms with E-state index >= 15 is 0 Å². The van der Waals surface area contributed by atoms with Gasteiger partial charge in [0, 0.05) is 12.6 Å². The summed E-state index contributed by atoms with van der Waals surface area (Å²) in [6, 6.07) is 13.7. The van der Waals surface area contributed by atoms with Gasteiger partial charge in [0.2, 0.25) is 0 Å². The maximum Gasteiger partial charge on any atom is 0.146 e. The fourth-order valence-electron chi connectivity index (χ4n) is 1.83. The van der Waals surface area contributed by atoms with E-state index in [2.05, 4.69) is 19.2 Å². The predicted octanol–water partition coefficient (Wildman–Crippen LogP) is 4.64. The Labute approximate surface area is 130 Å². The highest BCUT2D eigenvalue weighted by atomic mass is 35.5. The molecule has 21 heavy (non-hydrogen) atoms. The van der Waals surface area contributed by atoms with E-state index in [4.69, 9.17) is 21.1 Å². The molecular weight excluding hydrogens is 286 g/mol. The first-order valence-electron chi connectivity index (χ1n) is 6.92. The summed E-state index contributed by atoms with van der Waals surface area (Å²) in [4.78, 5) is 0. The second-order valence-electron chi connectivity index (χ2n) is 5.08. The lowest BCUT2D eigenvalue weighted by molar-refractivity contribution is 0.413. The van der Waals surface area contributed by atoms with Crippen molar-refractivity contribution in [2.45, 2.75) is 26.4 Å². The van der Waals surface area contributed by atoms with Crippen LogP contribution in [0.5, 0.6) is 17.2 Å². The van der Waals surface area contributed by atoms with Crippen LogP contribution in [0.15, 0.2) is 42.5 Å². The molecule has 0 aromatic heterocycles. The topological polar surface area (TPSA) is 30.5 Å². The Bertz CT molecular complexity index is 582. The fourth-order valence-corrected chi connectivity index (χ4v) is 2.07. The summed E-state index contributed by atoms with van der Waals surface area (Å²) in [6.45, 7) is 5.02. The zero-order valence-electron chi connectivity index (χ0n) is 12.5. The molecule has 0 saturated heterocycles. The highest BCUT2D eigenvalue weighted by molar-refractivity contribution is 6.32. The molecule has 1 N–H and O–H groups in total. The van der Waals surface area contributed by atoms with E-state index in [-0.39, 0.29) is 0 Å². The van der Waals surface area contributed by atoms with Crippen molar-refractivity contribution >= 4 is 11.6 Å². The lowest BCUT2D eigenvalue weighted by Gasteiger charge is -2.11. The number of nitrogens with one attached hydrogen (secondary N) is 1. The van der Waals surface area contributed by atoms with Crippen LogP contribution in [-0.4, -0.2) is 13.2 Å². The molecular formula is C17H20ClNO2. The lowest BCUT2D eigenvalue weighted by Crippen LogP contribution is -2.21. The molecule has 0 aliphatic carbocycles. The SMILES string of the molecule is COc1ccc(Oc2ccc(CNC(C)C)cc2Cl)cc1. The number of hydrogen-bond donors (Lipinski definition) is 1. The van der Waals surface area contributed by atoms with Crippen LogP contribution in [0, 0.1) is 0 Å². The molecule has 0 unspecified atom stereocenters. The lowest BCUT2D eigenvalue weighted by atomic mass is 10.2. The Balaban J connectivity index is 2.06. The van der Waals surface area contributed by atoms with E-state index in [0.29, 0.717) is 16.8 Å². The maximum absolute atomic E-state index is 6.28. The number of benzene rings is 2. The van der Waals surface area contributed by atoms with Crippen LogP contribution in [0.2, 0.25) is 5.02 Å². The van der Waals surface area contributed by atoms with Crippen LogP contribution in [0.3, 0.4) is 0 Å². The van der Waals surface area contributed by atoms with E-state index in [1.54, 1.807) is 7.11 Å². The number of methoxy groups -OCH3 is 1. The summed E-state index contributed by atoms with van der Waals surface area (Å²) in [5.41, 5.74) is 1.13. The van der Waals surface area contributed by atoms with Crippen molar-refractivity contribution in [1.29, 1.82) is 0 Å². The Morgan fingerprint density at radius 3 is 2.29 bits per heavy atom. The molecule has 0 fully saturated rings. The van der Waals surface area contributed by atoms with E-state index in [0.717, 1.165) is 23.6 Å². The summed E-state index contributed by atoms with van der Waals surface area (Å²) < 4.78 is 10.9. The average Bonchev–Trinajstić information content (AvgIpc) is 2.48. The van der Waals surface area contributed by atoms with Gasteiger partial charge in [-0.1, -0.05) is 31.5 Å². The predicted molar refractivity (Wildman–Crippen MR) is 86.5 cm³/mol. The van der Waals surface area contributed by atoms with Crippen molar-refractivity contribution in [2.75, 3.05) is 7.11 Å². The van der Waals surface area contributed by atoms with Crippen LogP contribution in [0.25, 0.3) is 0 Å². The monoisotopic (exact) mass is 305 g/mol. The summed E-state index contributed by atoms with van der Waals surface area (Å²) in [5, 5.41) is 3.96. The Morgan fingerprint density at radius 1 is 1.05 bits per heavy atom. The highest BCUT2D eigenvalue weighted by Crippen LogP contribution is 2.30. The van der Waals surface area contributed by atoms with Crippen LogP contribution in [0.4, 0.5) is 0 Å². The first-order chi connectivity index (χ1) is 10.1. The van der Waals surface area contributed by atoms with E-state index in [9.17, 15) is 0 Å². The molecule has 4 heteroatoms. The molecule has 0 radical (unpaired) electrons. The van der Waals surface area contributed by atoms with Gasteiger partial charge >= 0.3 is 0 Å². The summed E-state index contributed by atoms with van der Waals surface area (Å²) in [5.74, 6) is 2.17. The van der Waals surface area contributed by atoms with Gasteiger partial charge in [-0.05, 0) is 42.0 Å². The van der Waals surface area contributed by atoms with Gasteiger partial charge in [0.15, 0.2) is 0 Å². The van der Waals surface area contributed by atoms with Gasteiger partial charge in [-0.25, -0.2) is 0 Å². The third kappa shape index (κ3) is 4.66. The number of rotatable bonds is 6. The molecule has 0 heterocycles. The second-order valence-corrected chi connectivity index (χ2v) is 5.49. The fraction of sp³-hybridized carbons (Fsp3) is 0.294. The summed E-state index contributed by atoms with van der Waals surface area (Å²) in [7, 11) is 1.64. The molecule has 2 aromatic carbocycles. The van der Waals surface area contributed by atoms with Crippen LogP contribution in [0.1, 0.15) is 19.4 Å². The minimum absolute atomic E-state index is 0.444. The third-order valence-corrected chi connectivity index (χ3v) is 3.29. The molecule has 0 aliphatic heterocycles. The quantitative estimate of drug-likeness (QED) is 0.843. The zero-order valence-corrected chi connectivity index (χ0v) is 13.3. The Kier molecular flexibility index (Phi) is 5.48. The van der Waals surface area contributed by atoms with Gasteiger partial charge in [-0.3, -0.25) is 0 Å². The molecule has 2 aromatic rings. The largest absolute Gasteiger partial charge is 0.497 e. The zero-order chi connectivity index (χ0) is 15.2.